The van der Waals surface area contributed by atoms with Crippen LogP contribution in [0, 0.1) is 0 Å². The summed E-state index contributed by atoms with van der Waals surface area (Å²) >= 11 is 6.30. The summed E-state index contributed by atoms with van der Waals surface area (Å²) in [7, 11) is 1.48. The van der Waals surface area contributed by atoms with Crippen LogP contribution in [0.1, 0.15) is 18.4 Å². The van der Waals surface area contributed by atoms with Crippen molar-refractivity contribution in [3.63, 3.8) is 0 Å². The Morgan fingerprint density at radius 2 is 2.26 bits per heavy atom. The highest BCUT2D eigenvalue weighted by Gasteiger charge is 2.61. The molecule has 0 unspecified atom stereocenters. The topological polar surface area (TPSA) is 88.5 Å². The summed E-state index contributed by atoms with van der Waals surface area (Å²) in [6, 6.07) is 3.56. The Balaban J connectivity index is 1.54. The fourth-order valence-corrected chi connectivity index (χ4v) is 4.73. The summed E-state index contributed by atoms with van der Waals surface area (Å²) < 4.78 is 16.6. The van der Waals surface area contributed by atoms with Gasteiger partial charge in [-0.05, 0) is 17.7 Å². The van der Waals surface area contributed by atoms with Gasteiger partial charge in [0, 0.05) is 32.5 Å². The van der Waals surface area contributed by atoms with Gasteiger partial charge in [-0.15, -0.1) is 0 Å². The second kappa shape index (κ2) is 6.85. The van der Waals surface area contributed by atoms with E-state index in [1.807, 2.05) is 4.90 Å². The summed E-state index contributed by atoms with van der Waals surface area (Å²) in [6.45, 7) is 2.17. The average Bonchev–Trinajstić information content (AvgIpc) is 3.26. The Morgan fingerprint density at radius 1 is 1.44 bits per heavy atom. The molecule has 3 aliphatic heterocycles. The van der Waals surface area contributed by atoms with Gasteiger partial charge in [-0.3, -0.25) is 9.69 Å². The van der Waals surface area contributed by atoms with E-state index in [0.717, 1.165) is 18.5 Å². The Labute approximate surface area is 161 Å². The summed E-state index contributed by atoms with van der Waals surface area (Å²) in [5.41, 5.74) is 0.427. The quantitative estimate of drug-likeness (QED) is 0.776. The number of rotatable bonds is 6. The zero-order valence-electron chi connectivity index (χ0n) is 14.9. The van der Waals surface area contributed by atoms with E-state index in [0.29, 0.717) is 36.9 Å². The van der Waals surface area contributed by atoms with E-state index >= 15 is 0 Å². The van der Waals surface area contributed by atoms with Crippen LogP contribution in [0.3, 0.4) is 0 Å². The van der Waals surface area contributed by atoms with Crippen LogP contribution in [-0.2, 0) is 20.9 Å². The molecule has 1 aromatic carbocycles. The van der Waals surface area contributed by atoms with Crippen LogP contribution in [0.25, 0.3) is 0 Å². The number of aliphatic carboxylic acids is 1. The lowest BCUT2D eigenvalue weighted by atomic mass is 10.1. The number of benzene rings is 1. The number of hydrogen-bond acceptors (Lipinski definition) is 6. The fraction of sp³-hybridized carbons (Fsp3) is 0.556. The van der Waals surface area contributed by atoms with E-state index < -0.39 is 18.3 Å². The lowest BCUT2D eigenvalue weighted by molar-refractivity contribution is -0.139. The predicted octanol–water partition coefficient (Wildman–Crippen LogP) is 1.35. The highest BCUT2D eigenvalue weighted by atomic mass is 35.5. The number of ether oxygens (including phenoxy) is 3. The Bertz CT molecular complexity index is 787. The zero-order chi connectivity index (χ0) is 19.2. The van der Waals surface area contributed by atoms with Gasteiger partial charge in [0.25, 0.3) is 0 Å². The van der Waals surface area contributed by atoms with Crippen LogP contribution in [0.5, 0.6) is 11.5 Å². The van der Waals surface area contributed by atoms with Crippen molar-refractivity contribution in [2.45, 2.75) is 31.2 Å². The molecule has 0 saturated carbocycles. The Morgan fingerprint density at radius 3 is 3.00 bits per heavy atom. The fourth-order valence-electron chi connectivity index (χ4n) is 4.44. The van der Waals surface area contributed by atoms with Gasteiger partial charge in [-0.2, -0.15) is 0 Å². The molecule has 3 heterocycles. The smallest absolute Gasteiger partial charge is 0.341 e. The number of carboxylic acids is 1. The minimum Gasteiger partial charge on any atom is -0.493 e. The Kier molecular flexibility index (Phi) is 4.65. The first-order valence-corrected chi connectivity index (χ1v) is 9.22. The number of likely N-dealkylation sites (tertiary alicyclic amines) is 1. The maximum atomic E-state index is 12.3. The number of amides is 1. The number of carbonyl (C=O) groups excluding carboxylic acids is 1. The molecule has 1 aromatic rings. The van der Waals surface area contributed by atoms with Gasteiger partial charge in [-0.1, -0.05) is 11.6 Å². The number of methoxy groups -OCH3 is 1. The van der Waals surface area contributed by atoms with Gasteiger partial charge < -0.3 is 24.2 Å². The monoisotopic (exact) mass is 396 g/mol. The van der Waals surface area contributed by atoms with E-state index in [1.165, 1.54) is 7.11 Å². The minimum atomic E-state index is -1.09. The Hall–Kier alpha value is -2.03. The van der Waals surface area contributed by atoms with Gasteiger partial charge in [0.05, 0.1) is 24.8 Å². The first-order chi connectivity index (χ1) is 12.9. The van der Waals surface area contributed by atoms with Gasteiger partial charge in [0.2, 0.25) is 5.91 Å². The minimum absolute atomic E-state index is 0.0280. The third kappa shape index (κ3) is 3.01. The van der Waals surface area contributed by atoms with E-state index in [2.05, 4.69) is 4.90 Å². The molecule has 1 amide bonds. The second-order valence-electron chi connectivity index (χ2n) is 6.97. The highest BCUT2D eigenvalue weighted by Crippen LogP contribution is 2.46. The summed E-state index contributed by atoms with van der Waals surface area (Å²) in [5.74, 6) is -0.347. The molecular formula is C18H21ClN2O6. The highest BCUT2D eigenvalue weighted by molar-refractivity contribution is 6.32. The van der Waals surface area contributed by atoms with Crippen molar-refractivity contribution in [2.24, 2.45) is 0 Å². The van der Waals surface area contributed by atoms with Crippen molar-refractivity contribution < 1.29 is 28.9 Å². The van der Waals surface area contributed by atoms with E-state index in [1.54, 1.807) is 12.1 Å². The van der Waals surface area contributed by atoms with Gasteiger partial charge in [-0.25, -0.2) is 4.79 Å². The predicted molar refractivity (Wildman–Crippen MR) is 95.0 cm³/mol. The lowest BCUT2D eigenvalue weighted by Crippen LogP contribution is -2.47. The van der Waals surface area contributed by atoms with Crippen LogP contribution in [0.4, 0.5) is 0 Å². The number of nitrogens with zero attached hydrogens (tertiary/aromatic N) is 2. The number of hydrogen-bond donors (Lipinski definition) is 1. The number of carbonyl (C=O) groups is 2. The summed E-state index contributed by atoms with van der Waals surface area (Å²) in [6.07, 6.45) is 1.26. The molecular weight excluding hydrogens is 376 g/mol. The molecule has 3 saturated heterocycles. The molecule has 0 aliphatic carbocycles. The molecule has 27 heavy (non-hydrogen) atoms. The standard InChI is InChI=1S/C18H21ClN2O6/c1-25-13-7-11(6-12(19)17(13)26-10-16(23)24)9-20-3-2-18-14(20)8-15(22)21(18)4-5-27-18/h6-7,14H,2-5,8-10H2,1H3,(H,23,24)/t14-,18+/m1/s1. The van der Waals surface area contributed by atoms with Crippen LogP contribution in [-0.4, -0.2) is 72.0 Å². The molecule has 0 bridgehead atoms. The van der Waals surface area contributed by atoms with Crippen LogP contribution in [0.2, 0.25) is 5.02 Å². The molecule has 4 rings (SSSR count). The van der Waals surface area contributed by atoms with Gasteiger partial charge >= 0.3 is 5.97 Å². The second-order valence-corrected chi connectivity index (χ2v) is 7.38. The van der Waals surface area contributed by atoms with Gasteiger partial charge in [0.15, 0.2) is 23.8 Å². The normalized spacial score (nSPS) is 27.0. The molecule has 1 N–H and O–H groups in total. The molecule has 2 atom stereocenters. The first kappa shape index (κ1) is 18.3. The molecule has 9 heteroatoms. The number of halogens is 1. The molecule has 0 aromatic heterocycles. The van der Waals surface area contributed by atoms with E-state index in [-0.39, 0.29) is 17.7 Å². The molecule has 146 valence electrons. The van der Waals surface area contributed by atoms with Crippen LogP contribution in [0.15, 0.2) is 12.1 Å². The third-order valence-electron chi connectivity index (χ3n) is 5.53. The van der Waals surface area contributed by atoms with E-state index in [9.17, 15) is 9.59 Å². The van der Waals surface area contributed by atoms with Crippen molar-refractivity contribution in [2.75, 3.05) is 33.4 Å². The molecule has 8 nitrogen and oxygen atoms in total. The van der Waals surface area contributed by atoms with Crippen molar-refractivity contribution in [1.82, 2.24) is 9.80 Å². The van der Waals surface area contributed by atoms with Crippen molar-refractivity contribution in [1.29, 1.82) is 0 Å². The summed E-state index contributed by atoms with van der Waals surface area (Å²) in [5, 5.41) is 9.09. The SMILES string of the molecule is COc1cc(CN2CC[C@@]34OCCN3C(=O)C[C@@H]24)cc(Cl)c1OCC(=O)O. The van der Waals surface area contributed by atoms with Crippen LogP contribution < -0.4 is 9.47 Å². The first-order valence-electron chi connectivity index (χ1n) is 8.84. The molecule has 0 radical (unpaired) electrons. The van der Waals surface area contributed by atoms with Crippen LogP contribution >= 0.6 is 11.6 Å². The molecule has 1 spiro atoms. The molecule has 3 fully saturated rings. The van der Waals surface area contributed by atoms with Gasteiger partial charge in [0.1, 0.15) is 0 Å². The third-order valence-corrected chi connectivity index (χ3v) is 5.81. The van der Waals surface area contributed by atoms with E-state index in [4.69, 9.17) is 30.9 Å². The van der Waals surface area contributed by atoms with Crippen molar-refractivity contribution in [3.05, 3.63) is 22.7 Å². The van der Waals surface area contributed by atoms with Crippen molar-refractivity contribution in [3.8, 4) is 11.5 Å². The summed E-state index contributed by atoms with van der Waals surface area (Å²) in [4.78, 5) is 27.2. The zero-order valence-corrected chi connectivity index (χ0v) is 15.7. The molecule has 3 aliphatic rings. The number of carboxylic acid groups (broad SMARTS) is 1. The lowest BCUT2D eigenvalue weighted by Gasteiger charge is -2.31. The van der Waals surface area contributed by atoms with Crippen molar-refractivity contribution >= 4 is 23.5 Å². The maximum Gasteiger partial charge on any atom is 0.341 e. The largest absolute Gasteiger partial charge is 0.493 e. The maximum absolute atomic E-state index is 12.3. The average molecular weight is 397 g/mol.